The molecule has 2 atom stereocenters. The lowest BCUT2D eigenvalue weighted by molar-refractivity contribution is 0.121. The van der Waals surface area contributed by atoms with Gasteiger partial charge in [0.25, 0.3) is 0 Å². The third-order valence-electron chi connectivity index (χ3n) is 2.93. The van der Waals surface area contributed by atoms with Gasteiger partial charge >= 0.3 is 0 Å². The number of alkyl halides is 2. The van der Waals surface area contributed by atoms with Gasteiger partial charge in [0.1, 0.15) is 0 Å². The molecule has 0 unspecified atom stereocenters. The van der Waals surface area contributed by atoms with Crippen LogP contribution in [0.3, 0.4) is 0 Å². The van der Waals surface area contributed by atoms with Crippen LogP contribution in [0.25, 0.3) is 0 Å². The second kappa shape index (κ2) is 4.92. The van der Waals surface area contributed by atoms with Crippen molar-refractivity contribution in [1.29, 1.82) is 0 Å². The Morgan fingerprint density at radius 1 is 1.33 bits per heavy atom. The summed E-state index contributed by atoms with van der Waals surface area (Å²) in [7, 11) is 0. The smallest absolute Gasteiger partial charge is 0.243 e. The van der Waals surface area contributed by atoms with Gasteiger partial charge in [-0.15, -0.1) is 0 Å². The van der Waals surface area contributed by atoms with Gasteiger partial charge in [0, 0.05) is 11.6 Å². The summed E-state index contributed by atoms with van der Waals surface area (Å²) < 4.78 is 24.6. The zero-order valence-electron chi connectivity index (χ0n) is 10.5. The monoisotopic (exact) mass is 253 g/mol. The SMILES string of the molecule is Cc1cc(C)cc(NC(N)=N[C@H]2C[C@@H]2C(F)F)c1. The molecule has 1 aliphatic rings. The van der Waals surface area contributed by atoms with Crippen LogP contribution in [0.2, 0.25) is 0 Å². The number of rotatable bonds is 3. The minimum atomic E-state index is -2.30. The normalized spacial score (nSPS) is 23.3. The van der Waals surface area contributed by atoms with Crippen molar-refractivity contribution in [2.24, 2.45) is 16.6 Å². The Kier molecular flexibility index (Phi) is 3.50. The van der Waals surface area contributed by atoms with Crippen LogP contribution in [0.15, 0.2) is 23.2 Å². The number of aryl methyl sites for hydroxylation is 2. The molecular weight excluding hydrogens is 236 g/mol. The number of benzene rings is 1. The van der Waals surface area contributed by atoms with Gasteiger partial charge in [-0.3, -0.25) is 0 Å². The molecule has 0 bridgehead atoms. The van der Waals surface area contributed by atoms with E-state index in [1.54, 1.807) is 0 Å². The van der Waals surface area contributed by atoms with Crippen molar-refractivity contribution in [1.82, 2.24) is 0 Å². The highest BCUT2D eigenvalue weighted by Crippen LogP contribution is 2.38. The van der Waals surface area contributed by atoms with E-state index in [2.05, 4.69) is 10.3 Å². The Morgan fingerprint density at radius 3 is 2.44 bits per heavy atom. The maximum Gasteiger partial charge on any atom is 0.243 e. The van der Waals surface area contributed by atoms with E-state index < -0.39 is 12.3 Å². The molecule has 0 amide bonds. The number of nitrogens with zero attached hydrogens (tertiary/aromatic N) is 1. The zero-order chi connectivity index (χ0) is 13.3. The standard InChI is InChI=1S/C13H17F2N3/c1-7-3-8(2)5-9(4-7)17-13(16)18-11-6-10(11)12(14)15/h3-5,10-12H,6H2,1-2H3,(H3,16,17,18)/t10-,11-/m0/s1. The van der Waals surface area contributed by atoms with Crippen LogP contribution in [-0.2, 0) is 0 Å². The van der Waals surface area contributed by atoms with Crippen LogP contribution in [0.4, 0.5) is 14.5 Å². The molecule has 1 aromatic rings. The number of anilines is 1. The Balaban J connectivity index is 1.99. The molecule has 98 valence electrons. The van der Waals surface area contributed by atoms with Crippen molar-refractivity contribution in [2.45, 2.75) is 32.7 Å². The highest BCUT2D eigenvalue weighted by molar-refractivity contribution is 5.92. The minimum absolute atomic E-state index is 0.202. The van der Waals surface area contributed by atoms with E-state index in [-0.39, 0.29) is 12.0 Å². The number of nitrogens with one attached hydrogen (secondary N) is 1. The number of aliphatic imine (C=N–C) groups is 1. The third kappa shape index (κ3) is 3.18. The number of hydrogen-bond acceptors (Lipinski definition) is 1. The molecule has 1 saturated carbocycles. The molecule has 0 heterocycles. The zero-order valence-corrected chi connectivity index (χ0v) is 10.5. The van der Waals surface area contributed by atoms with Crippen LogP contribution >= 0.6 is 0 Å². The Labute approximate surface area is 105 Å². The first-order valence-corrected chi connectivity index (χ1v) is 5.92. The molecule has 1 aromatic carbocycles. The van der Waals surface area contributed by atoms with Crippen molar-refractivity contribution in [3.05, 3.63) is 29.3 Å². The van der Waals surface area contributed by atoms with Crippen molar-refractivity contribution in [2.75, 3.05) is 5.32 Å². The topological polar surface area (TPSA) is 50.4 Å². The van der Waals surface area contributed by atoms with Crippen molar-refractivity contribution >= 4 is 11.6 Å². The van der Waals surface area contributed by atoms with E-state index in [1.807, 2.05) is 32.0 Å². The van der Waals surface area contributed by atoms with Gasteiger partial charge in [-0.25, -0.2) is 13.8 Å². The van der Waals surface area contributed by atoms with Crippen LogP contribution in [0.1, 0.15) is 17.5 Å². The molecule has 0 aliphatic heterocycles. The fraction of sp³-hybridized carbons (Fsp3) is 0.462. The number of hydrogen-bond donors (Lipinski definition) is 2. The molecule has 0 spiro atoms. The molecule has 1 fully saturated rings. The Hall–Kier alpha value is -1.65. The fourth-order valence-electron chi connectivity index (χ4n) is 2.03. The van der Waals surface area contributed by atoms with Gasteiger partial charge in [-0.05, 0) is 43.5 Å². The van der Waals surface area contributed by atoms with Crippen LogP contribution in [-0.4, -0.2) is 18.4 Å². The highest BCUT2D eigenvalue weighted by Gasteiger charge is 2.44. The lowest BCUT2D eigenvalue weighted by atomic mass is 10.1. The van der Waals surface area contributed by atoms with Gasteiger partial charge < -0.3 is 11.1 Å². The first kappa shape index (κ1) is 12.8. The van der Waals surface area contributed by atoms with Crippen LogP contribution in [0, 0.1) is 19.8 Å². The summed E-state index contributed by atoms with van der Waals surface area (Å²) >= 11 is 0. The van der Waals surface area contributed by atoms with E-state index in [4.69, 9.17) is 5.73 Å². The molecule has 0 radical (unpaired) electrons. The maximum absolute atomic E-state index is 12.3. The van der Waals surface area contributed by atoms with E-state index >= 15 is 0 Å². The Bertz CT molecular complexity index is 451. The Morgan fingerprint density at radius 2 is 1.94 bits per heavy atom. The fourth-order valence-corrected chi connectivity index (χ4v) is 2.03. The summed E-state index contributed by atoms with van der Waals surface area (Å²) in [6, 6.07) is 5.59. The van der Waals surface area contributed by atoms with E-state index in [9.17, 15) is 8.78 Å². The van der Waals surface area contributed by atoms with Gasteiger partial charge in [0.2, 0.25) is 6.43 Å². The highest BCUT2D eigenvalue weighted by atomic mass is 19.3. The van der Waals surface area contributed by atoms with Gasteiger partial charge in [-0.2, -0.15) is 0 Å². The minimum Gasteiger partial charge on any atom is -0.370 e. The molecular formula is C13H17F2N3. The molecule has 3 nitrogen and oxygen atoms in total. The largest absolute Gasteiger partial charge is 0.370 e. The van der Waals surface area contributed by atoms with E-state index in [0.717, 1.165) is 16.8 Å². The average molecular weight is 253 g/mol. The summed E-state index contributed by atoms with van der Waals surface area (Å²) in [5, 5.41) is 2.94. The lowest BCUT2D eigenvalue weighted by Crippen LogP contribution is -2.23. The maximum atomic E-state index is 12.3. The molecule has 0 saturated heterocycles. The molecule has 5 heteroatoms. The first-order valence-electron chi connectivity index (χ1n) is 5.92. The molecule has 18 heavy (non-hydrogen) atoms. The van der Waals surface area contributed by atoms with E-state index in [0.29, 0.717) is 6.42 Å². The second-order valence-electron chi connectivity index (χ2n) is 4.82. The van der Waals surface area contributed by atoms with Gasteiger partial charge in [0.05, 0.1) is 6.04 Å². The predicted molar refractivity (Wildman–Crippen MR) is 69.1 cm³/mol. The molecule has 0 aromatic heterocycles. The third-order valence-corrected chi connectivity index (χ3v) is 2.93. The lowest BCUT2D eigenvalue weighted by Gasteiger charge is -2.07. The van der Waals surface area contributed by atoms with Crippen LogP contribution < -0.4 is 11.1 Å². The summed E-state index contributed by atoms with van der Waals surface area (Å²) in [5.74, 6) is -0.419. The van der Waals surface area contributed by atoms with Gasteiger partial charge in [0.15, 0.2) is 5.96 Å². The average Bonchev–Trinajstić information content (AvgIpc) is 2.94. The summed E-state index contributed by atoms with van der Waals surface area (Å²) in [6.45, 7) is 3.97. The predicted octanol–water partition coefficient (Wildman–Crippen LogP) is 2.68. The number of guanidine groups is 1. The molecule has 1 aliphatic carbocycles. The second-order valence-corrected chi connectivity index (χ2v) is 4.82. The molecule has 2 rings (SSSR count). The van der Waals surface area contributed by atoms with Gasteiger partial charge in [-0.1, -0.05) is 6.07 Å². The molecule has 3 N–H and O–H groups in total. The number of nitrogens with two attached hydrogens (primary N) is 1. The van der Waals surface area contributed by atoms with Crippen molar-refractivity contribution in [3.63, 3.8) is 0 Å². The van der Waals surface area contributed by atoms with Crippen molar-refractivity contribution < 1.29 is 8.78 Å². The summed E-state index contributed by atoms with van der Waals surface area (Å²) in [4.78, 5) is 4.05. The quantitative estimate of drug-likeness (QED) is 0.642. The summed E-state index contributed by atoms with van der Waals surface area (Å²) in [6.07, 6.45) is -1.87. The van der Waals surface area contributed by atoms with Crippen molar-refractivity contribution in [3.8, 4) is 0 Å². The number of halogens is 2. The first-order chi connectivity index (χ1) is 8.45. The van der Waals surface area contributed by atoms with E-state index in [1.165, 1.54) is 0 Å². The van der Waals surface area contributed by atoms with Crippen LogP contribution in [0.5, 0.6) is 0 Å². The summed E-state index contributed by atoms with van der Waals surface area (Å²) in [5.41, 5.74) is 8.77.